The number of nitrogens with one attached hydrogen (secondary N) is 1. The van der Waals surface area contributed by atoms with Gasteiger partial charge in [-0.2, -0.15) is 0 Å². The molecule has 0 atom stereocenters. The Morgan fingerprint density at radius 2 is 2.25 bits per heavy atom. The van der Waals surface area contributed by atoms with Crippen molar-refractivity contribution in [3.63, 3.8) is 0 Å². The molecule has 0 aromatic heterocycles. The Kier molecular flexibility index (Phi) is 3.96. The standard InChI is InChI=1S/C10H13N3O3/c1-2-7-3-4-8(12-10(14)6-11)5-9(7)13(15)16/h3-5H,2,6,11H2,1H3,(H,12,14). The SMILES string of the molecule is CCc1ccc(NC(=O)CN)cc1[N+](=O)[O-]. The van der Waals surface area contributed by atoms with Gasteiger partial charge in [-0.05, 0) is 12.5 Å². The predicted octanol–water partition coefficient (Wildman–Crippen LogP) is 1.05. The molecule has 0 aliphatic rings. The summed E-state index contributed by atoms with van der Waals surface area (Å²) in [5.41, 5.74) is 6.16. The van der Waals surface area contributed by atoms with E-state index in [1.54, 1.807) is 12.1 Å². The number of nitrogens with zero attached hydrogens (tertiary/aromatic N) is 1. The number of nitro benzene ring substituents is 1. The second-order valence-electron chi connectivity index (χ2n) is 3.21. The second kappa shape index (κ2) is 5.22. The fraction of sp³-hybridized carbons (Fsp3) is 0.300. The lowest BCUT2D eigenvalue weighted by molar-refractivity contribution is -0.385. The van der Waals surface area contributed by atoms with Gasteiger partial charge in [0.2, 0.25) is 5.91 Å². The summed E-state index contributed by atoms with van der Waals surface area (Å²) in [6.07, 6.45) is 0.571. The van der Waals surface area contributed by atoms with Gasteiger partial charge in [0.15, 0.2) is 0 Å². The van der Waals surface area contributed by atoms with Gasteiger partial charge in [-0.3, -0.25) is 14.9 Å². The van der Waals surface area contributed by atoms with Crippen LogP contribution in [-0.4, -0.2) is 17.4 Å². The first-order valence-electron chi connectivity index (χ1n) is 4.85. The van der Waals surface area contributed by atoms with Gasteiger partial charge in [-0.1, -0.05) is 13.0 Å². The van der Waals surface area contributed by atoms with Crippen molar-refractivity contribution in [3.05, 3.63) is 33.9 Å². The van der Waals surface area contributed by atoms with Gasteiger partial charge >= 0.3 is 0 Å². The molecule has 6 nitrogen and oxygen atoms in total. The maximum absolute atomic E-state index is 11.0. The molecule has 6 heteroatoms. The van der Waals surface area contributed by atoms with Crippen molar-refractivity contribution < 1.29 is 9.72 Å². The monoisotopic (exact) mass is 223 g/mol. The lowest BCUT2D eigenvalue weighted by Gasteiger charge is -2.05. The Morgan fingerprint density at radius 1 is 1.56 bits per heavy atom. The van der Waals surface area contributed by atoms with Gasteiger partial charge in [-0.25, -0.2) is 0 Å². The molecule has 86 valence electrons. The minimum absolute atomic E-state index is 0.0114. The maximum atomic E-state index is 11.0. The molecular weight excluding hydrogens is 210 g/mol. The summed E-state index contributed by atoms with van der Waals surface area (Å²) in [5, 5.41) is 13.2. The predicted molar refractivity (Wildman–Crippen MR) is 60.2 cm³/mol. The Hall–Kier alpha value is -1.95. The molecule has 1 aromatic carbocycles. The topological polar surface area (TPSA) is 98.3 Å². The van der Waals surface area contributed by atoms with Crippen LogP contribution in [-0.2, 0) is 11.2 Å². The maximum Gasteiger partial charge on any atom is 0.274 e. The summed E-state index contributed by atoms with van der Waals surface area (Å²) in [7, 11) is 0. The number of amides is 1. The van der Waals surface area contributed by atoms with E-state index in [1.165, 1.54) is 6.07 Å². The summed E-state index contributed by atoms with van der Waals surface area (Å²) in [5.74, 6) is -0.376. The average Bonchev–Trinajstić information content (AvgIpc) is 2.28. The molecule has 3 N–H and O–H groups in total. The van der Waals surface area contributed by atoms with Crippen LogP contribution < -0.4 is 11.1 Å². The molecule has 0 spiro atoms. The molecule has 1 aromatic rings. The van der Waals surface area contributed by atoms with E-state index in [4.69, 9.17) is 5.73 Å². The van der Waals surface area contributed by atoms with E-state index < -0.39 is 4.92 Å². The van der Waals surface area contributed by atoms with Crippen LogP contribution in [0.25, 0.3) is 0 Å². The van der Waals surface area contributed by atoms with Crippen molar-refractivity contribution >= 4 is 17.3 Å². The second-order valence-corrected chi connectivity index (χ2v) is 3.21. The molecule has 0 radical (unpaired) electrons. The highest BCUT2D eigenvalue weighted by atomic mass is 16.6. The van der Waals surface area contributed by atoms with Crippen LogP contribution in [0.4, 0.5) is 11.4 Å². The highest BCUT2D eigenvalue weighted by Crippen LogP contribution is 2.23. The van der Waals surface area contributed by atoms with Gasteiger partial charge in [0, 0.05) is 17.3 Å². The highest BCUT2D eigenvalue weighted by Gasteiger charge is 2.13. The van der Waals surface area contributed by atoms with Crippen molar-refractivity contribution in [3.8, 4) is 0 Å². The zero-order valence-electron chi connectivity index (χ0n) is 8.90. The minimum atomic E-state index is -0.461. The summed E-state index contributed by atoms with van der Waals surface area (Å²) in [4.78, 5) is 21.3. The van der Waals surface area contributed by atoms with E-state index in [1.807, 2.05) is 6.92 Å². The average molecular weight is 223 g/mol. The number of rotatable bonds is 4. The first kappa shape index (κ1) is 12.1. The fourth-order valence-electron chi connectivity index (χ4n) is 1.32. The van der Waals surface area contributed by atoms with Crippen LogP contribution in [0.2, 0.25) is 0 Å². The molecule has 0 heterocycles. The molecule has 1 rings (SSSR count). The molecule has 1 amide bonds. The van der Waals surface area contributed by atoms with Gasteiger partial charge < -0.3 is 11.1 Å². The normalized spacial score (nSPS) is 9.88. The number of hydrogen-bond donors (Lipinski definition) is 2. The highest BCUT2D eigenvalue weighted by molar-refractivity contribution is 5.92. The third-order valence-electron chi connectivity index (χ3n) is 2.13. The third kappa shape index (κ3) is 2.77. The van der Waals surface area contributed by atoms with Crippen LogP contribution in [0.5, 0.6) is 0 Å². The molecule has 16 heavy (non-hydrogen) atoms. The number of carbonyl (C=O) groups is 1. The van der Waals surface area contributed by atoms with E-state index in [9.17, 15) is 14.9 Å². The summed E-state index contributed by atoms with van der Waals surface area (Å²) < 4.78 is 0. The van der Waals surface area contributed by atoms with Crippen molar-refractivity contribution in [1.29, 1.82) is 0 Å². The van der Waals surface area contributed by atoms with Crippen molar-refractivity contribution in [2.45, 2.75) is 13.3 Å². The Balaban J connectivity index is 3.02. The number of aryl methyl sites for hydroxylation is 1. The van der Waals surface area contributed by atoms with E-state index in [0.717, 1.165) is 0 Å². The molecule has 0 unspecified atom stereocenters. The van der Waals surface area contributed by atoms with Crippen molar-refractivity contribution in [2.75, 3.05) is 11.9 Å². The largest absolute Gasteiger partial charge is 0.325 e. The molecule has 0 saturated heterocycles. The molecule has 0 bridgehead atoms. The minimum Gasteiger partial charge on any atom is -0.325 e. The Labute approximate surface area is 92.6 Å². The number of carbonyl (C=O) groups excluding carboxylic acids is 1. The number of nitrogens with two attached hydrogens (primary N) is 1. The lowest BCUT2D eigenvalue weighted by Crippen LogP contribution is -2.21. The van der Waals surface area contributed by atoms with Crippen LogP contribution >= 0.6 is 0 Å². The summed E-state index contributed by atoms with van der Waals surface area (Å²) in [6, 6.07) is 4.59. The zero-order valence-corrected chi connectivity index (χ0v) is 8.90. The van der Waals surface area contributed by atoms with Crippen LogP contribution in [0, 0.1) is 10.1 Å². The zero-order chi connectivity index (χ0) is 12.1. The third-order valence-corrected chi connectivity index (χ3v) is 2.13. The van der Waals surface area contributed by atoms with Crippen molar-refractivity contribution in [2.24, 2.45) is 5.73 Å². The molecule has 0 aliphatic heterocycles. The number of anilines is 1. The molecule has 0 saturated carbocycles. The molecule has 0 aliphatic carbocycles. The number of nitro groups is 1. The van der Waals surface area contributed by atoms with Gasteiger partial charge in [0.25, 0.3) is 5.69 Å². The Bertz CT molecular complexity index is 418. The van der Waals surface area contributed by atoms with Crippen molar-refractivity contribution in [1.82, 2.24) is 0 Å². The van der Waals surface area contributed by atoms with E-state index in [-0.39, 0.29) is 18.1 Å². The Morgan fingerprint density at radius 3 is 2.75 bits per heavy atom. The summed E-state index contributed by atoms with van der Waals surface area (Å²) >= 11 is 0. The lowest BCUT2D eigenvalue weighted by atomic mass is 10.1. The van der Waals surface area contributed by atoms with E-state index in [0.29, 0.717) is 17.7 Å². The number of hydrogen-bond acceptors (Lipinski definition) is 4. The first-order valence-corrected chi connectivity index (χ1v) is 4.85. The van der Waals surface area contributed by atoms with Crippen LogP contribution in [0.3, 0.4) is 0 Å². The van der Waals surface area contributed by atoms with Crippen LogP contribution in [0.15, 0.2) is 18.2 Å². The first-order chi connectivity index (χ1) is 7.58. The van der Waals surface area contributed by atoms with Gasteiger partial charge in [-0.15, -0.1) is 0 Å². The van der Waals surface area contributed by atoms with Gasteiger partial charge in [0.1, 0.15) is 0 Å². The quantitative estimate of drug-likeness (QED) is 0.588. The van der Waals surface area contributed by atoms with Gasteiger partial charge in [0.05, 0.1) is 11.5 Å². The fourth-order valence-corrected chi connectivity index (χ4v) is 1.32. The number of benzene rings is 1. The molecular formula is C10H13N3O3. The van der Waals surface area contributed by atoms with E-state index in [2.05, 4.69) is 5.32 Å². The smallest absolute Gasteiger partial charge is 0.274 e. The van der Waals surface area contributed by atoms with E-state index >= 15 is 0 Å². The summed E-state index contributed by atoms with van der Waals surface area (Å²) in [6.45, 7) is 1.68. The van der Waals surface area contributed by atoms with Crippen LogP contribution in [0.1, 0.15) is 12.5 Å². The molecule has 0 fully saturated rings.